The van der Waals surface area contributed by atoms with Crippen molar-refractivity contribution in [3.05, 3.63) is 35.5 Å². The molecule has 5 heteroatoms. The molecule has 0 radical (unpaired) electrons. The summed E-state index contributed by atoms with van der Waals surface area (Å²) in [5.41, 5.74) is 2.25. The number of aromatic nitrogens is 4. The molecule has 0 N–H and O–H groups in total. The van der Waals surface area contributed by atoms with Crippen molar-refractivity contribution in [3.8, 4) is 0 Å². The molecule has 2 aromatic rings. The van der Waals surface area contributed by atoms with E-state index in [-0.39, 0.29) is 0 Å². The van der Waals surface area contributed by atoms with Gasteiger partial charge in [0, 0.05) is 49.6 Å². The van der Waals surface area contributed by atoms with Crippen molar-refractivity contribution >= 4 is 5.82 Å². The molecular formula is C16H25N5. The van der Waals surface area contributed by atoms with Gasteiger partial charge >= 0.3 is 0 Å². The Bertz CT molecular complexity index is 576. The first kappa shape index (κ1) is 15.5. The van der Waals surface area contributed by atoms with Gasteiger partial charge in [0.1, 0.15) is 11.6 Å². The molecule has 0 spiro atoms. The Hall–Kier alpha value is -1.91. The van der Waals surface area contributed by atoms with Gasteiger partial charge in [-0.15, -0.1) is 0 Å². The summed E-state index contributed by atoms with van der Waals surface area (Å²) in [5, 5.41) is 4.34. The normalized spacial score (nSPS) is 10.9. The van der Waals surface area contributed by atoms with Crippen molar-refractivity contribution in [3.63, 3.8) is 0 Å². The molecule has 2 heterocycles. The molecule has 0 saturated heterocycles. The number of nitrogens with zero attached hydrogens (tertiary/aromatic N) is 5. The first-order chi connectivity index (χ1) is 10.2. The Morgan fingerprint density at radius 2 is 2.00 bits per heavy atom. The molecule has 0 bridgehead atoms. The number of rotatable bonds is 7. The van der Waals surface area contributed by atoms with Gasteiger partial charge in [0.15, 0.2) is 0 Å². The maximum Gasteiger partial charge on any atom is 0.132 e. The molecule has 0 amide bonds. The van der Waals surface area contributed by atoms with Gasteiger partial charge in [0.05, 0.1) is 6.20 Å². The minimum atomic E-state index is 0.832. The van der Waals surface area contributed by atoms with Crippen molar-refractivity contribution < 1.29 is 0 Å². The van der Waals surface area contributed by atoms with E-state index in [2.05, 4.69) is 48.0 Å². The smallest absolute Gasteiger partial charge is 0.132 e. The largest absolute Gasteiger partial charge is 0.352 e. The molecule has 5 nitrogen and oxygen atoms in total. The fraction of sp³-hybridized carbons (Fsp3) is 0.562. The van der Waals surface area contributed by atoms with Crippen LogP contribution in [0.2, 0.25) is 0 Å². The molecule has 0 aliphatic heterocycles. The van der Waals surface area contributed by atoms with Gasteiger partial charge in [-0.1, -0.05) is 6.92 Å². The van der Waals surface area contributed by atoms with Crippen molar-refractivity contribution in [1.82, 2.24) is 19.7 Å². The van der Waals surface area contributed by atoms with Crippen LogP contribution in [-0.2, 0) is 19.5 Å². The van der Waals surface area contributed by atoms with E-state index in [0.29, 0.717) is 0 Å². The lowest BCUT2D eigenvalue weighted by molar-refractivity contribution is 0.658. The Morgan fingerprint density at radius 1 is 1.19 bits per heavy atom. The van der Waals surface area contributed by atoms with Gasteiger partial charge < -0.3 is 4.90 Å². The minimum Gasteiger partial charge on any atom is -0.352 e. The van der Waals surface area contributed by atoms with E-state index in [1.807, 2.05) is 17.8 Å². The van der Waals surface area contributed by atoms with Crippen molar-refractivity contribution in [1.29, 1.82) is 0 Å². The molecule has 2 rings (SSSR count). The zero-order valence-corrected chi connectivity index (χ0v) is 13.5. The fourth-order valence-corrected chi connectivity index (χ4v) is 2.35. The Labute approximate surface area is 127 Å². The standard InChI is InChI=1S/C16H25N5/c1-5-8-15-18-13(4)9-16(19-15)20(6-2)11-14-10-17-21(7-3)12-14/h9-10,12H,5-8,11H2,1-4H3. The van der Waals surface area contributed by atoms with Gasteiger partial charge in [-0.05, 0) is 27.2 Å². The summed E-state index contributed by atoms with van der Waals surface area (Å²) in [6, 6.07) is 2.06. The summed E-state index contributed by atoms with van der Waals surface area (Å²) in [7, 11) is 0. The topological polar surface area (TPSA) is 46.8 Å². The number of hydrogen-bond acceptors (Lipinski definition) is 4. The van der Waals surface area contributed by atoms with Crippen LogP contribution in [-0.4, -0.2) is 26.3 Å². The van der Waals surface area contributed by atoms with Gasteiger partial charge in [0.2, 0.25) is 0 Å². The van der Waals surface area contributed by atoms with Crippen LogP contribution in [0.15, 0.2) is 18.5 Å². The van der Waals surface area contributed by atoms with Crippen LogP contribution in [0, 0.1) is 6.92 Å². The maximum absolute atomic E-state index is 4.71. The third kappa shape index (κ3) is 4.03. The fourth-order valence-electron chi connectivity index (χ4n) is 2.35. The predicted molar refractivity (Wildman–Crippen MR) is 85.4 cm³/mol. The average Bonchev–Trinajstić information content (AvgIpc) is 2.92. The molecular weight excluding hydrogens is 262 g/mol. The summed E-state index contributed by atoms with van der Waals surface area (Å²) in [6.45, 7) is 11.1. The van der Waals surface area contributed by atoms with Crippen LogP contribution >= 0.6 is 0 Å². The first-order valence-corrected chi connectivity index (χ1v) is 7.77. The SMILES string of the molecule is CCCc1nc(C)cc(N(CC)Cc2cnn(CC)c2)n1. The second-order valence-electron chi connectivity index (χ2n) is 5.25. The molecule has 114 valence electrons. The molecule has 0 fully saturated rings. The van der Waals surface area contributed by atoms with Crippen molar-refractivity contribution in [2.75, 3.05) is 11.4 Å². The van der Waals surface area contributed by atoms with Crippen LogP contribution in [0.3, 0.4) is 0 Å². The summed E-state index contributed by atoms with van der Waals surface area (Å²) in [4.78, 5) is 11.5. The monoisotopic (exact) mass is 287 g/mol. The minimum absolute atomic E-state index is 0.832. The number of aryl methyl sites for hydroxylation is 3. The quantitative estimate of drug-likeness (QED) is 0.785. The predicted octanol–water partition coefficient (Wildman–Crippen LogP) is 2.98. The van der Waals surface area contributed by atoms with Gasteiger partial charge in [0.25, 0.3) is 0 Å². The van der Waals surface area contributed by atoms with E-state index >= 15 is 0 Å². The highest BCUT2D eigenvalue weighted by Crippen LogP contribution is 2.16. The zero-order chi connectivity index (χ0) is 15.2. The van der Waals surface area contributed by atoms with Crippen LogP contribution in [0.5, 0.6) is 0 Å². The van der Waals surface area contributed by atoms with Crippen LogP contribution < -0.4 is 4.90 Å². The highest BCUT2D eigenvalue weighted by atomic mass is 15.3. The lowest BCUT2D eigenvalue weighted by Gasteiger charge is -2.22. The lowest BCUT2D eigenvalue weighted by atomic mass is 10.3. The molecule has 21 heavy (non-hydrogen) atoms. The third-order valence-corrected chi connectivity index (χ3v) is 3.45. The van der Waals surface area contributed by atoms with E-state index in [1.54, 1.807) is 0 Å². The lowest BCUT2D eigenvalue weighted by Crippen LogP contribution is -2.23. The second-order valence-corrected chi connectivity index (χ2v) is 5.25. The van der Waals surface area contributed by atoms with E-state index in [9.17, 15) is 0 Å². The Morgan fingerprint density at radius 3 is 2.62 bits per heavy atom. The average molecular weight is 287 g/mol. The summed E-state index contributed by atoms with van der Waals surface area (Å²) in [5.74, 6) is 1.95. The molecule has 2 aromatic heterocycles. The van der Waals surface area contributed by atoms with Gasteiger partial charge in [-0.2, -0.15) is 5.10 Å². The molecule has 0 aliphatic carbocycles. The van der Waals surface area contributed by atoms with Crippen molar-refractivity contribution in [2.24, 2.45) is 0 Å². The number of anilines is 1. The van der Waals surface area contributed by atoms with E-state index in [4.69, 9.17) is 4.98 Å². The van der Waals surface area contributed by atoms with E-state index < -0.39 is 0 Å². The molecule has 0 unspecified atom stereocenters. The second kappa shape index (κ2) is 7.20. The van der Waals surface area contributed by atoms with Gasteiger partial charge in [-0.25, -0.2) is 9.97 Å². The molecule has 0 atom stereocenters. The number of hydrogen-bond donors (Lipinski definition) is 0. The Kier molecular flexibility index (Phi) is 5.31. The Balaban J connectivity index is 2.19. The molecule has 0 aromatic carbocycles. The zero-order valence-electron chi connectivity index (χ0n) is 13.5. The molecule has 0 aliphatic rings. The highest BCUT2D eigenvalue weighted by molar-refractivity contribution is 5.40. The van der Waals surface area contributed by atoms with Crippen LogP contribution in [0.4, 0.5) is 5.82 Å². The van der Waals surface area contributed by atoms with Crippen molar-refractivity contribution in [2.45, 2.75) is 53.6 Å². The van der Waals surface area contributed by atoms with Crippen LogP contribution in [0.1, 0.15) is 44.3 Å². The summed E-state index contributed by atoms with van der Waals surface area (Å²) in [6.07, 6.45) is 6.04. The third-order valence-electron chi connectivity index (χ3n) is 3.45. The van der Waals surface area contributed by atoms with E-state index in [1.165, 1.54) is 5.56 Å². The van der Waals surface area contributed by atoms with E-state index in [0.717, 1.165) is 49.8 Å². The summed E-state index contributed by atoms with van der Waals surface area (Å²) >= 11 is 0. The summed E-state index contributed by atoms with van der Waals surface area (Å²) < 4.78 is 1.96. The highest BCUT2D eigenvalue weighted by Gasteiger charge is 2.10. The first-order valence-electron chi connectivity index (χ1n) is 7.77. The molecule has 0 saturated carbocycles. The van der Waals surface area contributed by atoms with Crippen LogP contribution in [0.25, 0.3) is 0 Å². The maximum atomic E-state index is 4.71. The van der Waals surface area contributed by atoms with Gasteiger partial charge in [-0.3, -0.25) is 4.68 Å².